The number of ether oxygens (including phenoxy) is 1. The first-order valence-corrected chi connectivity index (χ1v) is 5.59. The second-order valence-electron chi connectivity index (χ2n) is 4.35. The molecular formula is C11H16N2O. The van der Waals surface area contributed by atoms with Gasteiger partial charge in [-0.25, -0.2) is 4.68 Å². The van der Waals surface area contributed by atoms with Crippen molar-refractivity contribution >= 4 is 0 Å². The molecule has 0 spiro atoms. The predicted octanol–water partition coefficient (Wildman–Crippen LogP) is 2.46. The third-order valence-electron chi connectivity index (χ3n) is 3.12. The maximum Gasteiger partial charge on any atom is 0.150 e. The summed E-state index contributed by atoms with van der Waals surface area (Å²) in [4.78, 5) is 0. The standard InChI is InChI=1S/C11H16N2O/c1-2-6-14-11(3-1)13-8-10(7-12-13)9-4-5-9/h7-9,11H,1-6H2. The molecule has 3 heteroatoms. The van der Waals surface area contributed by atoms with Crippen LogP contribution in [-0.2, 0) is 4.74 Å². The summed E-state index contributed by atoms with van der Waals surface area (Å²) in [5, 5.41) is 4.39. The Hall–Kier alpha value is -0.830. The van der Waals surface area contributed by atoms with Gasteiger partial charge < -0.3 is 4.74 Å². The third-order valence-corrected chi connectivity index (χ3v) is 3.12. The molecule has 2 heterocycles. The predicted molar refractivity (Wildman–Crippen MR) is 53.0 cm³/mol. The molecule has 0 amide bonds. The lowest BCUT2D eigenvalue weighted by molar-refractivity contribution is -0.0395. The van der Waals surface area contributed by atoms with Crippen LogP contribution < -0.4 is 0 Å². The van der Waals surface area contributed by atoms with Crippen LogP contribution in [0.5, 0.6) is 0 Å². The number of hydrogen-bond donors (Lipinski definition) is 0. The first-order chi connectivity index (χ1) is 6.93. The second kappa shape index (κ2) is 3.39. The van der Waals surface area contributed by atoms with Crippen molar-refractivity contribution in [2.45, 2.75) is 44.2 Å². The van der Waals surface area contributed by atoms with Gasteiger partial charge in [0, 0.05) is 12.8 Å². The average Bonchev–Trinajstić information content (AvgIpc) is 2.98. The summed E-state index contributed by atoms with van der Waals surface area (Å²) in [6.07, 6.45) is 10.7. The van der Waals surface area contributed by atoms with Crippen LogP contribution in [0.1, 0.15) is 49.8 Å². The first-order valence-electron chi connectivity index (χ1n) is 5.59. The van der Waals surface area contributed by atoms with Crippen molar-refractivity contribution in [1.82, 2.24) is 9.78 Å². The Labute approximate surface area is 84.1 Å². The van der Waals surface area contributed by atoms with Crippen LogP contribution in [0.25, 0.3) is 0 Å². The van der Waals surface area contributed by atoms with Crippen LogP contribution >= 0.6 is 0 Å². The molecule has 1 aliphatic carbocycles. The van der Waals surface area contributed by atoms with Crippen molar-refractivity contribution in [2.24, 2.45) is 0 Å². The van der Waals surface area contributed by atoms with Gasteiger partial charge in [0.05, 0.1) is 6.20 Å². The summed E-state index contributed by atoms with van der Waals surface area (Å²) >= 11 is 0. The van der Waals surface area contributed by atoms with Crippen LogP contribution in [0.3, 0.4) is 0 Å². The number of nitrogens with zero attached hydrogens (tertiary/aromatic N) is 2. The monoisotopic (exact) mass is 192 g/mol. The Bertz CT molecular complexity index is 311. The number of hydrogen-bond acceptors (Lipinski definition) is 2. The minimum atomic E-state index is 0.205. The van der Waals surface area contributed by atoms with Crippen LogP contribution in [0.4, 0.5) is 0 Å². The topological polar surface area (TPSA) is 27.1 Å². The zero-order valence-electron chi connectivity index (χ0n) is 8.35. The molecule has 0 radical (unpaired) electrons. The van der Waals surface area contributed by atoms with E-state index < -0.39 is 0 Å². The molecule has 0 aromatic carbocycles. The SMILES string of the molecule is c1nn(C2CCCCO2)cc1C1CC1. The molecule has 3 nitrogen and oxygen atoms in total. The van der Waals surface area contributed by atoms with E-state index in [9.17, 15) is 0 Å². The van der Waals surface area contributed by atoms with Crippen LogP contribution in [0.15, 0.2) is 12.4 Å². The van der Waals surface area contributed by atoms with Gasteiger partial charge in [-0.15, -0.1) is 0 Å². The Morgan fingerprint density at radius 2 is 2.21 bits per heavy atom. The van der Waals surface area contributed by atoms with E-state index in [-0.39, 0.29) is 6.23 Å². The van der Waals surface area contributed by atoms with Gasteiger partial charge in [-0.2, -0.15) is 5.10 Å². The largest absolute Gasteiger partial charge is 0.357 e. The smallest absolute Gasteiger partial charge is 0.150 e. The summed E-state index contributed by atoms with van der Waals surface area (Å²) in [6.45, 7) is 0.892. The van der Waals surface area contributed by atoms with Crippen molar-refractivity contribution in [3.05, 3.63) is 18.0 Å². The zero-order valence-corrected chi connectivity index (χ0v) is 8.35. The highest BCUT2D eigenvalue weighted by molar-refractivity contribution is 5.16. The Balaban J connectivity index is 1.74. The van der Waals surface area contributed by atoms with Crippen molar-refractivity contribution in [1.29, 1.82) is 0 Å². The third kappa shape index (κ3) is 1.57. The molecule has 1 aromatic heterocycles. The molecule has 14 heavy (non-hydrogen) atoms. The minimum Gasteiger partial charge on any atom is -0.357 e. The Morgan fingerprint density at radius 1 is 1.29 bits per heavy atom. The highest BCUT2D eigenvalue weighted by Crippen LogP contribution is 2.40. The van der Waals surface area contributed by atoms with Crippen molar-refractivity contribution in [3.8, 4) is 0 Å². The molecule has 76 valence electrons. The summed E-state index contributed by atoms with van der Waals surface area (Å²) in [5.41, 5.74) is 1.40. The molecule has 0 bridgehead atoms. The highest BCUT2D eigenvalue weighted by Gasteiger charge is 2.26. The van der Waals surface area contributed by atoms with Gasteiger partial charge in [-0.1, -0.05) is 0 Å². The van der Waals surface area contributed by atoms with Gasteiger partial charge in [0.1, 0.15) is 6.23 Å². The fourth-order valence-electron chi connectivity index (χ4n) is 2.07. The summed E-state index contributed by atoms with van der Waals surface area (Å²) in [7, 11) is 0. The fourth-order valence-corrected chi connectivity index (χ4v) is 2.07. The van der Waals surface area contributed by atoms with E-state index in [1.165, 1.54) is 31.2 Å². The Kier molecular flexibility index (Phi) is 2.05. The molecule has 2 fully saturated rings. The molecule has 1 saturated carbocycles. The van der Waals surface area contributed by atoms with Crippen molar-refractivity contribution in [2.75, 3.05) is 6.61 Å². The summed E-state index contributed by atoms with van der Waals surface area (Å²) < 4.78 is 7.68. The van der Waals surface area contributed by atoms with E-state index in [1.54, 1.807) is 0 Å². The van der Waals surface area contributed by atoms with Gasteiger partial charge in [-0.05, 0) is 43.6 Å². The van der Waals surface area contributed by atoms with Crippen LogP contribution in [0, 0.1) is 0 Å². The van der Waals surface area contributed by atoms with E-state index in [4.69, 9.17) is 4.74 Å². The number of rotatable bonds is 2. The van der Waals surface area contributed by atoms with Crippen LogP contribution in [-0.4, -0.2) is 16.4 Å². The molecule has 2 aliphatic rings. The molecule has 1 saturated heterocycles. The van der Waals surface area contributed by atoms with E-state index >= 15 is 0 Å². The van der Waals surface area contributed by atoms with E-state index in [1.807, 2.05) is 10.9 Å². The quantitative estimate of drug-likeness (QED) is 0.719. The van der Waals surface area contributed by atoms with Gasteiger partial charge in [0.2, 0.25) is 0 Å². The maximum absolute atomic E-state index is 5.68. The lowest BCUT2D eigenvalue weighted by Gasteiger charge is -2.22. The van der Waals surface area contributed by atoms with Gasteiger partial charge in [0.25, 0.3) is 0 Å². The van der Waals surface area contributed by atoms with Crippen molar-refractivity contribution < 1.29 is 4.74 Å². The maximum atomic E-state index is 5.68. The molecule has 3 rings (SSSR count). The molecule has 1 atom stereocenters. The molecule has 0 N–H and O–H groups in total. The summed E-state index contributed by atoms with van der Waals surface area (Å²) in [5.74, 6) is 0.798. The molecule has 1 aliphatic heterocycles. The summed E-state index contributed by atoms with van der Waals surface area (Å²) in [6, 6.07) is 0. The van der Waals surface area contributed by atoms with Gasteiger partial charge in [0.15, 0.2) is 0 Å². The lowest BCUT2D eigenvalue weighted by atomic mass is 10.2. The van der Waals surface area contributed by atoms with E-state index in [2.05, 4.69) is 11.3 Å². The van der Waals surface area contributed by atoms with Gasteiger partial charge >= 0.3 is 0 Å². The normalized spacial score (nSPS) is 27.9. The Morgan fingerprint density at radius 3 is 2.93 bits per heavy atom. The second-order valence-corrected chi connectivity index (χ2v) is 4.35. The van der Waals surface area contributed by atoms with Crippen molar-refractivity contribution in [3.63, 3.8) is 0 Å². The van der Waals surface area contributed by atoms with E-state index in [0.29, 0.717) is 0 Å². The molecular weight excluding hydrogens is 176 g/mol. The molecule has 1 unspecified atom stereocenters. The number of aromatic nitrogens is 2. The minimum absolute atomic E-state index is 0.205. The van der Waals surface area contributed by atoms with Crippen LogP contribution in [0.2, 0.25) is 0 Å². The lowest BCUT2D eigenvalue weighted by Crippen LogP contribution is -2.18. The van der Waals surface area contributed by atoms with E-state index in [0.717, 1.165) is 18.9 Å². The molecule has 1 aromatic rings. The zero-order chi connectivity index (χ0) is 9.38. The fraction of sp³-hybridized carbons (Fsp3) is 0.727. The first kappa shape index (κ1) is 8.48. The average molecular weight is 192 g/mol. The highest BCUT2D eigenvalue weighted by atomic mass is 16.5. The van der Waals surface area contributed by atoms with Gasteiger partial charge in [-0.3, -0.25) is 0 Å².